The van der Waals surface area contributed by atoms with Gasteiger partial charge in [0.25, 0.3) is 5.56 Å². The molecule has 1 N–H and O–H groups in total. The quantitative estimate of drug-likeness (QED) is 0.591. The first-order valence-corrected chi connectivity index (χ1v) is 9.83. The Balaban J connectivity index is 1.65. The summed E-state index contributed by atoms with van der Waals surface area (Å²) >= 11 is 1.53. The average molecular weight is 377 g/mol. The fourth-order valence-electron chi connectivity index (χ4n) is 3.46. The van der Waals surface area contributed by atoms with E-state index in [4.69, 9.17) is 0 Å². The van der Waals surface area contributed by atoms with Gasteiger partial charge in [-0.05, 0) is 50.1 Å². The number of fused-ring (bicyclic) bond motifs is 3. The molecule has 136 valence electrons. The largest absolute Gasteiger partial charge is 0.371 e. The number of hydrogen-bond donors (Lipinski definition) is 1. The van der Waals surface area contributed by atoms with E-state index in [2.05, 4.69) is 52.2 Å². The lowest BCUT2D eigenvalue weighted by atomic mass is 10.1. The zero-order chi connectivity index (χ0) is 18.5. The summed E-state index contributed by atoms with van der Waals surface area (Å²) in [7, 11) is 0. The summed E-state index contributed by atoms with van der Waals surface area (Å²) < 4.78 is 1.74. The van der Waals surface area contributed by atoms with Gasteiger partial charge >= 0.3 is 0 Å². The summed E-state index contributed by atoms with van der Waals surface area (Å²) in [5, 5.41) is 10.0. The highest BCUT2D eigenvalue weighted by molar-refractivity contribution is 7.99. The van der Waals surface area contributed by atoms with Crippen LogP contribution in [-0.2, 0) is 0 Å². The van der Waals surface area contributed by atoms with E-state index in [1.54, 1.807) is 4.52 Å². The van der Waals surface area contributed by atoms with Crippen LogP contribution in [0.3, 0.4) is 0 Å². The molecule has 1 aliphatic rings. The summed E-state index contributed by atoms with van der Waals surface area (Å²) in [5.41, 5.74) is 4.85. The molecule has 7 heteroatoms. The second-order valence-corrected chi connectivity index (χ2v) is 8.05. The highest BCUT2D eigenvalue weighted by Crippen LogP contribution is 2.32. The van der Waals surface area contributed by atoms with E-state index >= 15 is 0 Å². The first-order valence-electron chi connectivity index (χ1n) is 9.02. The zero-order valence-corrected chi connectivity index (χ0v) is 16.0. The Hall–Kier alpha value is -2.80. The van der Waals surface area contributed by atoms with Crippen LogP contribution >= 0.6 is 11.8 Å². The number of rotatable bonds is 3. The van der Waals surface area contributed by atoms with E-state index < -0.39 is 0 Å². The van der Waals surface area contributed by atoms with Gasteiger partial charge in [-0.3, -0.25) is 4.79 Å². The summed E-state index contributed by atoms with van der Waals surface area (Å²) in [4.78, 5) is 19.0. The minimum atomic E-state index is -0.113. The molecule has 27 heavy (non-hydrogen) atoms. The van der Waals surface area contributed by atoms with Crippen molar-refractivity contribution in [2.75, 3.05) is 18.0 Å². The molecule has 0 radical (unpaired) electrons. The van der Waals surface area contributed by atoms with E-state index in [0.717, 1.165) is 29.2 Å². The monoisotopic (exact) mass is 377 g/mol. The van der Waals surface area contributed by atoms with Gasteiger partial charge in [-0.2, -0.15) is 4.52 Å². The number of nitrogens with zero attached hydrogens (tertiary/aromatic N) is 4. The maximum Gasteiger partial charge on any atom is 0.259 e. The first-order chi connectivity index (χ1) is 13.1. The summed E-state index contributed by atoms with van der Waals surface area (Å²) in [6, 6.07) is 12.2. The van der Waals surface area contributed by atoms with Crippen LogP contribution < -0.4 is 10.5 Å². The minimum Gasteiger partial charge on any atom is -0.371 e. The molecule has 0 atom stereocenters. The molecular formula is C20H19N5OS. The second-order valence-electron chi connectivity index (χ2n) is 7.02. The van der Waals surface area contributed by atoms with Crippen LogP contribution in [0.15, 0.2) is 51.1 Å². The lowest BCUT2D eigenvalue weighted by Gasteiger charge is -2.33. The van der Waals surface area contributed by atoms with Crippen molar-refractivity contribution in [2.24, 2.45) is 0 Å². The Labute approximate surface area is 160 Å². The summed E-state index contributed by atoms with van der Waals surface area (Å²) in [6.07, 6.45) is 1.21. The Morgan fingerprint density at radius 2 is 1.96 bits per heavy atom. The lowest BCUT2D eigenvalue weighted by Crippen LogP contribution is -2.36. The number of nitrogens with one attached hydrogen (secondary N) is 1. The molecule has 2 aromatic carbocycles. The van der Waals surface area contributed by atoms with Crippen molar-refractivity contribution < 1.29 is 0 Å². The van der Waals surface area contributed by atoms with Crippen molar-refractivity contribution in [1.82, 2.24) is 19.8 Å². The molecule has 1 aliphatic heterocycles. The SMILES string of the molecule is Cc1ccc(Sc2nnn3c2[nH]c(=O)c2ccc(N4CCC4)cc23)c(C)c1. The maximum absolute atomic E-state index is 12.6. The van der Waals surface area contributed by atoms with Gasteiger partial charge < -0.3 is 9.88 Å². The van der Waals surface area contributed by atoms with Gasteiger partial charge in [0.2, 0.25) is 0 Å². The van der Waals surface area contributed by atoms with E-state index in [9.17, 15) is 4.79 Å². The van der Waals surface area contributed by atoms with Gasteiger partial charge in [-0.15, -0.1) is 5.10 Å². The Morgan fingerprint density at radius 3 is 2.70 bits per heavy atom. The van der Waals surface area contributed by atoms with Crippen LogP contribution in [0.5, 0.6) is 0 Å². The smallest absolute Gasteiger partial charge is 0.259 e. The second kappa shape index (κ2) is 6.13. The number of aryl methyl sites for hydroxylation is 2. The number of benzene rings is 2. The molecule has 4 aromatic rings. The van der Waals surface area contributed by atoms with Gasteiger partial charge in [-0.1, -0.05) is 34.7 Å². The first kappa shape index (κ1) is 16.4. The minimum absolute atomic E-state index is 0.113. The van der Waals surface area contributed by atoms with Gasteiger partial charge in [0.1, 0.15) is 0 Å². The summed E-state index contributed by atoms with van der Waals surface area (Å²) in [5.74, 6) is 0. The lowest BCUT2D eigenvalue weighted by molar-refractivity contribution is 0.618. The predicted octanol–water partition coefficient (Wildman–Crippen LogP) is 3.55. The molecule has 0 unspecified atom stereocenters. The van der Waals surface area contributed by atoms with Crippen molar-refractivity contribution in [1.29, 1.82) is 0 Å². The standard InChI is InChI=1S/C20H19N5OS/c1-12-4-7-17(13(2)10-12)27-20-18-21-19(26)15-6-5-14(24-8-3-9-24)11-16(15)25(18)23-22-20/h4-7,10-11H,3,8-9H2,1-2H3,(H,21,26). The summed E-state index contributed by atoms with van der Waals surface area (Å²) in [6.45, 7) is 6.28. The average Bonchev–Trinajstić information content (AvgIpc) is 2.99. The molecule has 2 aromatic heterocycles. The Bertz CT molecular complexity index is 1240. The highest BCUT2D eigenvalue weighted by Gasteiger charge is 2.18. The van der Waals surface area contributed by atoms with Crippen molar-refractivity contribution in [3.8, 4) is 0 Å². The van der Waals surface area contributed by atoms with Gasteiger partial charge in [0, 0.05) is 23.7 Å². The number of anilines is 1. The topological polar surface area (TPSA) is 66.3 Å². The molecule has 1 fully saturated rings. The third kappa shape index (κ3) is 2.70. The molecule has 6 nitrogen and oxygen atoms in total. The normalized spacial score (nSPS) is 14.1. The number of hydrogen-bond acceptors (Lipinski definition) is 5. The van der Waals surface area contributed by atoms with Gasteiger partial charge in [0.05, 0.1) is 10.9 Å². The molecular weight excluding hydrogens is 358 g/mol. The van der Waals surface area contributed by atoms with Crippen LogP contribution in [0.25, 0.3) is 16.6 Å². The molecule has 0 bridgehead atoms. The molecule has 0 aliphatic carbocycles. The fraction of sp³-hybridized carbons (Fsp3) is 0.250. The number of aromatic nitrogens is 4. The van der Waals surface area contributed by atoms with Crippen LogP contribution in [0.2, 0.25) is 0 Å². The van der Waals surface area contributed by atoms with Crippen molar-refractivity contribution in [3.63, 3.8) is 0 Å². The molecule has 0 spiro atoms. The molecule has 0 saturated carbocycles. The van der Waals surface area contributed by atoms with Gasteiger partial charge in [-0.25, -0.2) is 0 Å². The third-order valence-electron chi connectivity index (χ3n) is 5.08. The zero-order valence-electron chi connectivity index (χ0n) is 15.2. The number of H-pyrrole nitrogens is 1. The van der Waals surface area contributed by atoms with Crippen LogP contribution in [-0.4, -0.2) is 32.9 Å². The van der Waals surface area contributed by atoms with Crippen LogP contribution in [0, 0.1) is 13.8 Å². The maximum atomic E-state index is 12.6. The Morgan fingerprint density at radius 1 is 1.11 bits per heavy atom. The molecule has 3 heterocycles. The van der Waals surface area contributed by atoms with Gasteiger partial charge in [0.15, 0.2) is 10.7 Å². The molecule has 1 saturated heterocycles. The van der Waals surface area contributed by atoms with Crippen molar-refractivity contribution in [3.05, 3.63) is 57.9 Å². The fourth-order valence-corrected chi connectivity index (χ4v) is 4.34. The van der Waals surface area contributed by atoms with E-state index in [0.29, 0.717) is 16.1 Å². The van der Waals surface area contributed by atoms with Crippen molar-refractivity contribution >= 4 is 34.0 Å². The predicted molar refractivity (Wildman–Crippen MR) is 108 cm³/mol. The van der Waals surface area contributed by atoms with E-state index in [1.165, 1.54) is 29.3 Å². The molecule has 5 rings (SSSR count). The third-order valence-corrected chi connectivity index (χ3v) is 6.23. The van der Waals surface area contributed by atoms with E-state index in [1.807, 2.05) is 18.2 Å². The highest BCUT2D eigenvalue weighted by atomic mass is 32.2. The van der Waals surface area contributed by atoms with Crippen LogP contribution in [0.1, 0.15) is 17.5 Å². The Kier molecular flexibility index (Phi) is 3.72. The molecule has 0 amide bonds. The van der Waals surface area contributed by atoms with E-state index in [-0.39, 0.29) is 5.56 Å². The number of aromatic amines is 1. The van der Waals surface area contributed by atoms with Crippen LogP contribution in [0.4, 0.5) is 5.69 Å². The van der Waals surface area contributed by atoms with Crippen molar-refractivity contribution in [2.45, 2.75) is 30.2 Å².